The van der Waals surface area contributed by atoms with Crippen molar-refractivity contribution >= 4 is 17.2 Å². The van der Waals surface area contributed by atoms with Gasteiger partial charge in [0, 0.05) is 18.0 Å². The van der Waals surface area contributed by atoms with Crippen molar-refractivity contribution in [3.05, 3.63) is 21.4 Å². The maximum Gasteiger partial charge on any atom is 0.263 e. The Morgan fingerprint density at radius 1 is 1.48 bits per heavy atom. The van der Waals surface area contributed by atoms with E-state index in [9.17, 15) is 9.90 Å². The average Bonchev–Trinajstić information content (AvgIpc) is 2.92. The van der Waals surface area contributed by atoms with E-state index in [0.717, 1.165) is 23.6 Å². The Hall–Kier alpha value is -0.870. The molecule has 1 N–H and O–H groups in total. The summed E-state index contributed by atoms with van der Waals surface area (Å²) >= 11 is 1.70. The second kappa shape index (κ2) is 6.09. The molecule has 1 fully saturated rings. The Bertz CT molecular complexity index is 525. The van der Waals surface area contributed by atoms with Crippen LogP contribution in [0.15, 0.2) is 6.07 Å². The summed E-state index contributed by atoms with van der Waals surface area (Å²) in [6.45, 7) is 5.65. The summed E-state index contributed by atoms with van der Waals surface area (Å²) in [5.74, 6) is 1.14. The number of thiophene rings is 1. The molecule has 1 aromatic rings. The van der Waals surface area contributed by atoms with Gasteiger partial charge in [0.1, 0.15) is 0 Å². The molecule has 3 atom stereocenters. The third-order valence-corrected chi connectivity index (χ3v) is 6.35. The standard InChI is InChI=1S/C17H25NO2S/c1-3-12-4-5-15-13(8-12)9-16(21-15)17(20)18-7-6-14(19)11(2)10-18/h9,11-12,14,19H,3-8,10H2,1-2H3. The maximum absolute atomic E-state index is 12.7. The molecule has 1 aromatic heterocycles. The monoisotopic (exact) mass is 307 g/mol. The number of piperidine rings is 1. The molecule has 21 heavy (non-hydrogen) atoms. The van der Waals surface area contributed by atoms with Crippen LogP contribution in [-0.4, -0.2) is 35.1 Å². The summed E-state index contributed by atoms with van der Waals surface area (Å²) in [5, 5.41) is 9.80. The minimum atomic E-state index is -0.254. The van der Waals surface area contributed by atoms with Crippen LogP contribution in [0.25, 0.3) is 0 Å². The van der Waals surface area contributed by atoms with Crippen LogP contribution in [0.4, 0.5) is 0 Å². The molecule has 0 spiro atoms. The molecule has 4 heteroatoms. The zero-order valence-electron chi connectivity index (χ0n) is 13.0. The van der Waals surface area contributed by atoms with E-state index in [4.69, 9.17) is 0 Å². The third kappa shape index (κ3) is 3.02. The minimum Gasteiger partial charge on any atom is -0.393 e. The van der Waals surface area contributed by atoms with Crippen LogP contribution >= 0.6 is 11.3 Å². The third-order valence-electron chi connectivity index (χ3n) is 5.12. The average molecular weight is 307 g/mol. The lowest BCUT2D eigenvalue weighted by Gasteiger charge is -2.34. The number of carbonyl (C=O) groups excluding carboxylic acids is 1. The molecule has 3 unspecified atom stereocenters. The molecule has 2 aliphatic rings. The second-order valence-electron chi connectivity index (χ2n) is 6.66. The fourth-order valence-corrected chi connectivity index (χ4v) is 4.70. The van der Waals surface area contributed by atoms with Crippen LogP contribution in [0, 0.1) is 11.8 Å². The number of likely N-dealkylation sites (tertiary alicyclic amines) is 1. The van der Waals surface area contributed by atoms with Gasteiger partial charge in [0.25, 0.3) is 5.91 Å². The van der Waals surface area contributed by atoms with Gasteiger partial charge in [-0.15, -0.1) is 11.3 Å². The smallest absolute Gasteiger partial charge is 0.263 e. The number of aliphatic hydroxyl groups is 1. The molecule has 1 amide bonds. The van der Waals surface area contributed by atoms with Crippen LogP contribution in [0.3, 0.4) is 0 Å². The molecule has 0 aromatic carbocycles. The number of hydrogen-bond acceptors (Lipinski definition) is 3. The summed E-state index contributed by atoms with van der Waals surface area (Å²) in [6, 6.07) is 2.14. The topological polar surface area (TPSA) is 40.5 Å². The van der Waals surface area contributed by atoms with Gasteiger partial charge in [-0.2, -0.15) is 0 Å². The van der Waals surface area contributed by atoms with Gasteiger partial charge in [0.05, 0.1) is 11.0 Å². The number of amides is 1. The van der Waals surface area contributed by atoms with Crippen LogP contribution in [0.2, 0.25) is 0 Å². The number of rotatable bonds is 2. The Labute approximate surface area is 131 Å². The number of carbonyl (C=O) groups is 1. The van der Waals surface area contributed by atoms with Crippen LogP contribution in [0.5, 0.6) is 0 Å². The highest BCUT2D eigenvalue weighted by atomic mass is 32.1. The molecule has 0 radical (unpaired) electrons. The summed E-state index contributed by atoms with van der Waals surface area (Å²) in [7, 11) is 0. The van der Waals surface area contributed by atoms with E-state index in [1.54, 1.807) is 11.3 Å². The Balaban J connectivity index is 1.73. The van der Waals surface area contributed by atoms with Crippen molar-refractivity contribution in [3.63, 3.8) is 0 Å². The highest BCUT2D eigenvalue weighted by Crippen LogP contribution is 2.34. The molecule has 116 valence electrons. The van der Waals surface area contributed by atoms with E-state index >= 15 is 0 Å². The summed E-state index contributed by atoms with van der Waals surface area (Å²) < 4.78 is 0. The first-order valence-electron chi connectivity index (χ1n) is 8.17. The molecule has 3 rings (SSSR count). The number of aliphatic hydroxyl groups excluding tert-OH is 1. The quantitative estimate of drug-likeness (QED) is 0.912. The number of nitrogens with zero attached hydrogens (tertiary/aromatic N) is 1. The Morgan fingerprint density at radius 3 is 3.00 bits per heavy atom. The van der Waals surface area contributed by atoms with Crippen molar-refractivity contribution in [3.8, 4) is 0 Å². The Morgan fingerprint density at radius 2 is 2.29 bits per heavy atom. The highest BCUT2D eigenvalue weighted by Gasteiger charge is 2.29. The van der Waals surface area contributed by atoms with Gasteiger partial charge in [-0.05, 0) is 49.1 Å². The van der Waals surface area contributed by atoms with Crippen molar-refractivity contribution < 1.29 is 9.90 Å². The fourth-order valence-electron chi connectivity index (χ4n) is 3.53. The lowest BCUT2D eigenvalue weighted by molar-refractivity contribution is 0.0300. The largest absolute Gasteiger partial charge is 0.393 e. The lowest BCUT2D eigenvalue weighted by Crippen LogP contribution is -2.44. The van der Waals surface area contributed by atoms with Crippen molar-refractivity contribution in [1.82, 2.24) is 4.90 Å². The zero-order valence-corrected chi connectivity index (χ0v) is 13.8. The molecule has 1 saturated heterocycles. The van der Waals surface area contributed by atoms with Gasteiger partial charge in [-0.25, -0.2) is 0 Å². The number of hydrogen-bond donors (Lipinski definition) is 1. The molecule has 0 saturated carbocycles. The number of fused-ring (bicyclic) bond motifs is 1. The Kier molecular flexibility index (Phi) is 4.36. The molecular weight excluding hydrogens is 282 g/mol. The van der Waals surface area contributed by atoms with Crippen molar-refractivity contribution in [2.45, 2.75) is 52.1 Å². The van der Waals surface area contributed by atoms with E-state index in [0.29, 0.717) is 19.5 Å². The van der Waals surface area contributed by atoms with E-state index in [-0.39, 0.29) is 17.9 Å². The van der Waals surface area contributed by atoms with Gasteiger partial charge in [0.15, 0.2) is 0 Å². The first-order valence-corrected chi connectivity index (χ1v) is 8.99. The highest BCUT2D eigenvalue weighted by molar-refractivity contribution is 7.14. The zero-order chi connectivity index (χ0) is 15.0. The van der Waals surface area contributed by atoms with Gasteiger partial charge in [-0.1, -0.05) is 20.3 Å². The molecular formula is C17H25NO2S. The van der Waals surface area contributed by atoms with Crippen LogP contribution < -0.4 is 0 Å². The van der Waals surface area contributed by atoms with E-state index < -0.39 is 0 Å². The first-order chi connectivity index (χ1) is 10.1. The van der Waals surface area contributed by atoms with Gasteiger partial charge < -0.3 is 10.0 Å². The van der Waals surface area contributed by atoms with Crippen LogP contribution in [0.1, 0.15) is 53.2 Å². The van der Waals surface area contributed by atoms with Crippen molar-refractivity contribution in [2.24, 2.45) is 11.8 Å². The summed E-state index contributed by atoms with van der Waals surface area (Å²) in [6.07, 6.45) is 5.24. The van der Waals surface area contributed by atoms with Crippen molar-refractivity contribution in [2.75, 3.05) is 13.1 Å². The fraction of sp³-hybridized carbons (Fsp3) is 0.706. The molecule has 2 heterocycles. The lowest BCUT2D eigenvalue weighted by atomic mass is 9.87. The molecule has 1 aliphatic heterocycles. The molecule has 1 aliphatic carbocycles. The first kappa shape index (κ1) is 15.0. The maximum atomic E-state index is 12.7. The molecule has 3 nitrogen and oxygen atoms in total. The summed E-state index contributed by atoms with van der Waals surface area (Å²) in [4.78, 5) is 16.9. The van der Waals surface area contributed by atoms with Crippen LogP contribution in [-0.2, 0) is 12.8 Å². The van der Waals surface area contributed by atoms with E-state index in [2.05, 4.69) is 13.0 Å². The van der Waals surface area contributed by atoms with E-state index in [1.165, 1.54) is 23.3 Å². The summed E-state index contributed by atoms with van der Waals surface area (Å²) in [5.41, 5.74) is 1.41. The van der Waals surface area contributed by atoms with Gasteiger partial charge in [-0.3, -0.25) is 4.79 Å². The second-order valence-corrected chi connectivity index (χ2v) is 7.80. The predicted octanol–water partition coefficient (Wildman–Crippen LogP) is 3.11. The van der Waals surface area contributed by atoms with Crippen molar-refractivity contribution in [1.29, 1.82) is 0 Å². The van der Waals surface area contributed by atoms with E-state index in [1.807, 2.05) is 11.8 Å². The van der Waals surface area contributed by atoms with Gasteiger partial charge >= 0.3 is 0 Å². The minimum absolute atomic E-state index is 0.168. The molecule has 0 bridgehead atoms. The van der Waals surface area contributed by atoms with Gasteiger partial charge in [0.2, 0.25) is 0 Å². The number of aryl methyl sites for hydroxylation is 1. The SMILES string of the molecule is CCC1CCc2sc(C(=O)N3CCC(O)C(C)C3)cc2C1. The predicted molar refractivity (Wildman–Crippen MR) is 85.8 cm³/mol. The normalized spacial score (nSPS) is 29.3.